The molecule has 0 saturated heterocycles. The van der Waals surface area contributed by atoms with Crippen molar-refractivity contribution in [2.24, 2.45) is 0 Å². The van der Waals surface area contributed by atoms with Crippen LogP contribution in [0.2, 0.25) is 5.02 Å². The Morgan fingerprint density at radius 1 is 1.19 bits per heavy atom. The standard InChI is InChI=1S/C20H16ClF3N4O4/c1-11-5-15(3-4-17(11)21)32-16-8-13(7-14(9-16)28(30)31)25-19(29)10-27-12(2)6-18(26-27)20(22,23)24/h3-9H,10H2,1-2H3,(H,25,29). The Labute approximate surface area is 184 Å². The van der Waals surface area contributed by atoms with E-state index in [4.69, 9.17) is 16.3 Å². The van der Waals surface area contributed by atoms with E-state index in [0.717, 1.165) is 22.4 Å². The molecule has 1 amide bonds. The molecule has 168 valence electrons. The fraction of sp³-hybridized carbons (Fsp3) is 0.200. The van der Waals surface area contributed by atoms with E-state index in [9.17, 15) is 28.1 Å². The van der Waals surface area contributed by atoms with Gasteiger partial charge in [0, 0.05) is 22.8 Å². The Balaban J connectivity index is 1.81. The Bertz CT molecular complexity index is 1190. The molecule has 1 N–H and O–H groups in total. The lowest BCUT2D eigenvalue weighted by atomic mass is 10.2. The second-order valence-corrected chi connectivity index (χ2v) is 7.27. The number of nitro groups is 1. The van der Waals surface area contributed by atoms with Gasteiger partial charge >= 0.3 is 6.18 Å². The number of rotatable bonds is 6. The van der Waals surface area contributed by atoms with Crippen LogP contribution in [0.15, 0.2) is 42.5 Å². The number of hydrogen-bond donors (Lipinski definition) is 1. The molecule has 0 aliphatic rings. The number of benzene rings is 2. The molecule has 0 bridgehead atoms. The molecule has 12 heteroatoms. The van der Waals surface area contributed by atoms with Crippen LogP contribution in [0, 0.1) is 24.0 Å². The molecule has 1 aromatic heterocycles. The summed E-state index contributed by atoms with van der Waals surface area (Å²) in [5.74, 6) is -0.277. The molecular formula is C20H16ClF3N4O4. The average Bonchev–Trinajstić information content (AvgIpc) is 3.05. The lowest BCUT2D eigenvalue weighted by Gasteiger charge is -2.11. The van der Waals surface area contributed by atoms with Crippen LogP contribution in [0.25, 0.3) is 0 Å². The van der Waals surface area contributed by atoms with Gasteiger partial charge in [0.05, 0.1) is 16.7 Å². The summed E-state index contributed by atoms with van der Waals surface area (Å²) in [5, 5.41) is 17.6. The summed E-state index contributed by atoms with van der Waals surface area (Å²) < 4.78 is 44.9. The number of nitrogens with zero attached hydrogens (tertiary/aromatic N) is 3. The zero-order valence-corrected chi connectivity index (χ0v) is 17.5. The van der Waals surface area contributed by atoms with Gasteiger partial charge in [0.1, 0.15) is 18.0 Å². The first kappa shape index (κ1) is 23.1. The van der Waals surface area contributed by atoms with E-state index in [1.165, 1.54) is 19.1 Å². The number of carbonyl (C=O) groups excluding carboxylic acids is 1. The number of aryl methyl sites for hydroxylation is 2. The number of amides is 1. The van der Waals surface area contributed by atoms with Gasteiger partial charge in [-0.05, 0) is 43.7 Å². The number of carbonyl (C=O) groups is 1. The minimum Gasteiger partial charge on any atom is -0.457 e. The van der Waals surface area contributed by atoms with Crippen LogP contribution in [-0.4, -0.2) is 20.6 Å². The van der Waals surface area contributed by atoms with Crippen molar-refractivity contribution >= 4 is 28.9 Å². The fourth-order valence-corrected chi connectivity index (χ4v) is 2.90. The number of hydrogen-bond acceptors (Lipinski definition) is 5. The number of anilines is 1. The molecule has 0 aliphatic heterocycles. The highest BCUT2D eigenvalue weighted by atomic mass is 35.5. The molecule has 0 saturated carbocycles. The summed E-state index contributed by atoms with van der Waals surface area (Å²) in [4.78, 5) is 23.0. The number of nitrogens with one attached hydrogen (secondary N) is 1. The second kappa shape index (κ2) is 8.87. The lowest BCUT2D eigenvalue weighted by Crippen LogP contribution is -2.21. The number of alkyl halides is 3. The highest BCUT2D eigenvalue weighted by molar-refractivity contribution is 6.31. The van der Waals surface area contributed by atoms with Crippen LogP contribution in [0.4, 0.5) is 24.5 Å². The van der Waals surface area contributed by atoms with E-state index in [2.05, 4.69) is 10.4 Å². The first-order valence-electron chi connectivity index (χ1n) is 9.07. The van der Waals surface area contributed by atoms with Crippen molar-refractivity contribution in [3.8, 4) is 11.5 Å². The Morgan fingerprint density at radius 3 is 2.50 bits per heavy atom. The van der Waals surface area contributed by atoms with Gasteiger partial charge in [-0.2, -0.15) is 18.3 Å². The van der Waals surface area contributed by atoms with Gasteiger partial charge in [-0.15, -0.1) is 0 Å². The van der Waals surface area contributed by atoms with E-state index in [0.29, 0.717) is 10.8 Å². The molecule has 3 aromatic rings. The quantitative estimate of drug-likeness (QED) is 0.380. The molecule has 0 atom stereocenters. The molecule has 0 spiro atoms. The van der Waals surface area contributed by atoms with Crippen molar-refractivity contribution in [2.45, 2.75) is 26.6 Å². The van der Waals surface area contributed by atoms with Gasteiger partial charge in [0.25, 0.3) is 5.69 Å². The number of non-ortho nitro benzene ring substituents is 1. The minimum atomic E-state index is -4.64. The van der Waals surface area contributed by atoms with Crippen LogP contribution in [0.5, 0.6) is 11.5 Å². The van der Waals surface area contributed by atoms with Crippen LogP contribution in [0.1, 0.15) is 17.0 Å². The zero-order valence-electron chi connectivity index (χ0n) is 16.7. The third-order valence-electron chi connectivity index (χ3n) is 4.32. The third-order valence-corrected chi connectivity index (χ3v) is 4.74. The maximum Gasteiger partial charge on any atom is 0.435 e. The van der Waals surface area contributed by atoms with E-state index >= 15 is 0 Å². The molecule has 3 rings (SSSR count). The summed E-state index contributed by atoms with van der Waals surface area (Å²) in [5.41, 5.74) is -0.569. The molecule has 0 aliphatic carbocycles. The van der Waals surface area contributed by atoms with Crippen LogP contribution >= 0.6 is 11.6 Å². The molecule has 0 unspecified atom stereocenters. The fourth-order valence-electron chi connectivity index (χ4n) is 2.78. The Kier molecular flexibility index (Phi) is 6.40. The van der Waals surface area contributed by atoms with Crippen molar-refractivity contribution in [3.63, 3.8) is 0 Å². The van der Waals surface area contributed by atoms with Gasteiger partial charge in [0.15, 0.2) is 5.69 Å². The van der Waals surface area contributed by atoms with Gasteiger partial charge in [-0.25, -0.2) is 0 Å². The number of ether oxygens (including phenoxy) is 1. The normalized spacial score (nSPS) is 11.3. The van der Waals surface area contributed by atoms with E-state index < -0.39 is 29.2 Å². The van der Waals surface area contributed by atoms with Crippen molar-refractivity contribution in [3.05, 3.63) is 74.6 Å². The zero-order chi connectivity index (χ0) is 23.6. The SMILES string of the molecule is Cc1cc(Oc2cc(NC(=O)Cn3nc(C(F)(F)F)cc3C)cc([N+](=O)[O-])c2)ccc1Cl. The predicted molar refractivity (Wildman–Crippen MR) is 110 cm³/mol. The summed E-state index contributed by atoms with van der Waals surface area (Å²) in [6, 6.07) is 9.27. The van der Waals surface area contributed by atoms with E-state index in [1.54, 1.807) is 25.1 Å². The molecular weight excluding hydrogens is 453 g/mol. The Morgan fingerprint density at radius 2 is 1.91 bits per heavy atom. The van der Waals surface area contributed by atoms with Crippen molar-refractivity contribution in [2.75, 3.05) is 5.32 Å². The molecule has 2 aromatic carbocycles. The second-order valence-electron chi connectivity index (χ2n) is 6.86. The number of nitro benzene ring substituents is 1. The van der Waals surface area contributed by atoms with E-state index in [-0.39, 0.29) is 22.8 Å². The molecule has 0 fully saturated rings. The van der Waals surface area contributed by atoms with Crippen LogP contribution < -0.4 is 10.1 Å². The maximum atomic E-state index is 12.8. The molecule has 32 heavy (non-hydrogen) atoms. The average molecular weight is 469 g/mol. The highest BCUT2D eigenvalue weighted by Gasteiger charge is 2.34. The van der Waals surface area contributed by atoms with Crippen molar-refractivity contribution in [1.82, 2.24) is 9.78 Å². The molecule has 0 radical (unpaired) electrons. The lowest BCUT2D eigenvalue weighted by molar-refractivity contribution is -0.384. The summed E-state index contributed by atoms with van der Waals surface area (Å²) in [6.07, 6.45) is -4.64. The van der Waals surface area contributed by atoms with E-state index in [1.807, 2.05) is 0 Å². The predicted octanol–water partition coefficient (Wildman–Crippen LogP) is 5.51. The van der Waals surface area contributed by atoms with Gasteiger partial charge in [-0.1, -0.05) is 11.6 Å². The summed E-state index contributed by atoms with van der Waals surface area (Å²) >= 11 is 5.98. The number of halogens is 4. The smallest absolute Gasteiger partial charge is 0.435 e. The first-order valence-corrected chi connectivity index (χ1v) is 9.45. The van der Waals surface area contributed by atoms with Gasteiger partial charge in [-0.3, -0.25) is 19.6 Å². The van der Waals surface area contributed by atoms with Crippen molar-refractivity contribution < 1.29 is 27.6 Å². The Hall–Kier alpha value is -3.60. The van der Waals surface area contributed by atoms with Crippen molar-refractivity contribution in [1.29, 1.82) is 0 Å². The molecule has 1 heterocycles. The summed E-state index contributed by atoms with van der Waals surface area (Å²) in [6.45, 7) is 2.62. The molecule has 8 nitrogen and oxygen atoms in total. The largest absolute Gasteiger partial charge is 0.457 e. The van der Waals surface area contributed by atoms with Crippen LogP contribution in [0.3, 0.4) is 0 Å². The number of aromatic nitrogens is 2. The minimum absolute atomic E-state index is 0.0331. The summed E-state index contributed by atoms with van der Waals surface area (Å²) in [7, 11) is 0. The monoisotopic (exact) mass is 468 g/mol. The third kappa shape index (κ3) is 5.55. The topological polar surface area (TPSA) is 99.3 Å². The van der Waals surface area contributed by atoms with Gasteiger partial charge < -0.3 is 10.1 Å². The van der Waals surface area contributed by atoms with Crippen LogP contribution in [-0.2, 0) is 17.5 Å². The maximum absolute atomic E-state index is 12.8. The first-order chi connectivity index (χ1) is 14.9. The highest BCUT2D eigenvalue weighted by Crippen LogP contribution is 2.32. The van der Waals surface area contributed by atoms with Gasteiger partial charge in [0.2, 0.25) is 5.91 Å².